The number of benzene rings is 1. The first-order valence-electron chi connectivity index (χ1n) is 7.09. The Kier molecular flexibility index (Phi) is 4.01. The van der Waals surface area contributed by atoms with Crippen LogP contribution in [0.3, 0.4) is 0 Å². The minimum atomic E-state index is 0.634. The van der Waals surface area contributed by atoms with Crippen molar-refractivity contribution in [1.82, 2.24) is 9.97 Å². The molecule has 1 aromatic carbocycles. The molecule has 0 saturated carbocycles. The lowest BCUT2D eigenvalue weighted by atomic mass is 10.1. The molecule has 0 unspecified atom stereocenters. The third-order valence-corrected chi connectivity index (χ3v) is 4.11. The molecule has 0 bridgehead atoms. The van der Waals surface area contributed by atoms with E-state index in [0.29, 0.717) is 5.95 Å². The summed E-state index contributed by atoms with van der Waals surface area (Å²) < 4.78 is 0. The Morgan fingerprint density at radius 3 is 2.62 bits per heavy atom. The van der Waals surface area contributed by atoms with Gasteiger partial charge in [0.15, 0.2) is 0 Å². The Bertz CT molecular complexity index is 734. The average Bonchev–Trinajstić information content (AvgIpc) is 2.98. The molecule has 3 aromatic rings. The Morgan fingerprint density at radius 1 is 1.10 bits per heavy atom. The summed E-state index contributed by atoms with van der Waals surface area (Å²) in [6.07, 6.45) is 2.28. The van der Waals surface area contributed by atoms with Crippen LogP contribution in [-0.4, -0.2) is 17.0 Å². The molecule has 0 fully saturated rings. The summed E-state index contributed by atoms with van der Waals surface area (Å²) in [7, 11) is 1.83. The van der Waals surface area contributed by atoms with Crippen LogP contribution in [0.15, 0.2) is 35.7 Å². The van der Waals surface area contributed by atoms with Gasteiger partial charge < -0.3 is 10.6 Å². The van der Waals surface area contributed by atoms with Gasteiger partial charge in [-0.25, -0.2) is 4.98 Å². The molecule has 0 spiro atoms. The maximum atomic E-state index is 4.52. The van der Waals surface area contributed by atoms with Crippen molar-refractivity contribution in [2.75, 3.05) is 17.7 Å². The summed E-state index contributed by atoms with van der Waals surface area (Å²) in [5.41, 5.74) is 2.41. The van der Waals surface area contributed by atoms with Gasteiger partial charge in [-0.15, -0.1) is 11.3 Å². The zero-order valence-corrected chi connectivity index (χ0v) is 13.0. The fraction of sp³-hybridized carbons (Fsp3) is 0.250. The van der Waals surface area contributed by atoms with Gasteiger partial charge in [-0.2, -0.15) is 4.98 Å². The molecule has 2 heterocycles. The molecule has 4 nitrogen and oxygen atoms in total. The highest BCUT2D eigenvalue weighted by atomic mass is 32.1. The SMILES string of the molecule is CCCc1ccc(Nc2nc(NC)nc3sccc23)cc1. The number of nitrogens with one attached hydrogen (secondary N) is 2. The molecule has 0 amide bonds. The number of thiophene rings is 1. The molecule has 0 radical (unpaired) electrons. The summed E-state index contributed by atoms with van der Waals surface area (Å²) in [5.74, 6) is 1.48. The van der Waals surface area contributed by atoms with E-state index in [1.165, 1.54) is 12.0 Å². The normalized spacial score (nSPS) is 10.8. The van der Waals surface area contributed by atoms with Crippen molar-refractivity contribution in [3.05, 3.63) is 41.3 Å². The number of hydrogen-bond acceptors (Lipinski definition) is 5. The first kappa shape index (κ1) is 13.8. The number of nitrogens with zero attached hydrogens (tertiary/aromatic N) is 2. The molecule has 0 aliphatic rings. The van der Waals surface area contributed by atoms with E-state index in [2.05, 4.69) is 51.8 Å². The number of rotatable bonds is 5. The molecule has 108 valence electrons. The van der Waals surface area contributed by atoms with Crippen LogP contribution in [0.2, 0.25) is 0 Å². The highest BCUT2D eigenvalue weighted by Crippen LogP contribution is 2.28. The van der Waals surface area contributed by atoms with Gasteiger partial charge in [0.1, 0.15) is 10.6 Å². The van der Waals surface area contributed by atoms with Gasteiger partial charge in [-0.05, 0) is 35.6 Å². The Balaban J connectivity index is 1.91. The van der Waals surface area contributed by atoms with Crippen molar-refractivity contribution in [3.8, 4) is 0 Å². The summed E-state index contributed by atoms with van der Waals surface area (Å²) >= 11 is 1.62. The van der Waals surface area contributed by atoms with E-state index in [0.717, 1.165) is 28.1 Å². The van der Waals surface area contributed by atoms with Crippen LogP contribution < -0.4 is 10.6 Å². The van der Waals surface area contributed by atoms with Gasteiger partial charge in [0, 0.05) is 12.7 Å². The molecular weight excluding hydrogens is 280 g/mol. The topological polar surface area (TPSA) is 49.8 Å². The number of anilines is 3. The second kappa shape index (κ2) is 6.10. The van der Waals surface area contributed by atoms with Crippen molar-refractivity contribution in [3.63, 3.8) is 0 Å². The van der Waals surface area contributed by atoms with E-state index in [9.17, 15) is 0 Å². The van der Waals surface area contributed by atoms with Gasteiger partial charge in [0.25, 0.3) is 0 Å². The van der Waals surface area contributed by atoms with E-state index in [1.54, 1.807) is 11.3 Å². The van der Waals surface area contributed by atoms with Crippen LogP contribution in [-0.2, 0) is 6.42 Å². The first-order valence-corrected chi connectivity index (χ1v) is 7.97. The molecule has 0 aliphatic heterocycles. The predicted octanol–water partition coefficient (Wildman–Crippen LogP) is 4.43. The number of hydrogen-bond donors (Lipinski definition) is 2. The predicted molar refractivity (Wildman–Crippen MR) is 90.7 cm³/mol. The van der Waals surface area contributed by atoms with Gasteiger partial charge in [-0.3, -0.25) is 0 Å². The molecule has 0 atom stereocenters. The minimum absolute atomic E-state index is 0.634. The fourth-order valence-corrected chi connectivity index (χ4v) is 3.01. The molecule has 0 saturated heterocycles. The van der Waals surface area contributed by atoms with E-state index < -0.39 is 0 Å². The maximum absolute atomic E-state index is 4.52. The smallest absolute Gasteiger partial charge is 0.225 e. The van der Waals surface area contributed by atoms with Crippen molar-refractivity contribution < 1.29 is 0 Å². The van der Waals surface area contributed by atoms with Crippen LogP contribution in [0.4, 0.5) is 17.5 Å². The van der Waals surface area contributed by atoms with Gasteiger partial charge >= 0.3 is 0 Å². The van der Waals surface area contributed by atoms with Gasteiger partial charge in [0.05, 0.1) is 5.39 Å². The summed E-state index contributed by atoms with van der Waals surface area (Å²) in [6, 6.07) is 10.6. The summed E-state index contributed by atoms with van der Waals surface area (Å²) in [6.45, 7) is 2.19. The first-order chi connectivity index (χ1) is 10.3. The zero-order valence-electron chi connectivity index (χ0n) is 12.2. The highest BCUT2D eigenvalue weighted by molar-refractivity contribution is 7.16. The van der Waals surface area contributed by atoms with Crippen LogP contribution in [0.1, 0.15) is 18.9 Å². The Hall–Kier alpha value is -2.14. The van der Waals surface area contributed by atoms with E-state index in [-0.39, 0.29) is 0 Å². The van der Waals surface area contributed by atoms with Crippen LogP contribution in [0, 0.1) is 0 Å². The molecule has 21 heavy (non-hydrogen) atoms. The second-order valence-corrected chi connectivity index (χ2v) is 5.75. The third-order valence-electron chi connectivity index (χ3n) is 3.30. The van der Waals surface area contributed by atoms with Crippen LogP contribution in [0.25, 0.3) is 10.2 Å². The quantitative estimate of drug-likeness (QED) is 0.731. The lowest BCUT2D eigenvalue weighted by Gasteiger charge is -2.09. The zero-order chi connectivity index (χ0) is 14.7. The molecule has 5 heteroatoms. The van der Waals surface area contributed by atoms with Gasteiger partial charge in [0.2, 0.25) is 5.95 Å². The third kappa shape index (κ3) is 2.97. The lowest BCUT2D eigenvalue weighted by Crippen LogP contribution is -2.00. The van der Waals surface area contributed by atoms with Crippen molar-refractivity contribution in [1.29, 1.82) is 0 Å². The van der Waals surface area contributed by atoms with Crippen molar-refractivity contribution >= 4 is 39.0 Å². The average molecular weight is 298 g/mol. The molecule has 0 aliphatic carbocycles. The Labute approximate surface area is 128 Å². The minimum Gasteiger partial charge on any atom is -0.357 e. The number of aromatic nitrogens is 2. The highest BCUT2D eigenvalue weighted by Gasteiger charge is 2.08. The van der Waals surface area contributed by atoms with Crippen LogP contribution >= 0.6 is 11.3 Å². The van der Waals surface area contributed by atoms with E-state index in [4.69, 9.17) is 0 Å². The van der Waals surface area contributed by atoms with Crippen LogP contribution in [0.5, 0.6) is 0 Å². The molecule has 2 aromatic heterocycles. The largest absolute Gasteiger partial charge is 0.357 e. The molecule has 3 rings (SSSR count). The van der Waals surface area contributed by atoms with Crippen molar-refractivity contribution in [2.45, 2.75) is 19.8 Å². The second-order valence-electron chi connectivity index (χ2n) is 4.86. The molecule has 2 N–H and O–H groups in total. The van der Waals surface area contributed by atoms with Crippen molar-refractivity contribution in [2.24, 2.45) is 0 Å². The monoisotopic (exact) mass is 298 g/mol. The lowest BCUT2D eigenvalue weighted by molar-refractivity contribution is 0.922. The van der Waals surface area contributed by atoms with E-state index in [1.807, 2.05) is 18.5 Å². The van der Waals surface area contributed by atoms with E-state index >= 15 is 0 Å². The summed E-state index contributed by atoms with van der Waals surface area (Å²) in [5, 5.41) is 9.49. The molecular formula is C16H18N4S. The number of fused-ring (bicyclic) bond motifs is 1. The maximum Gasteiger partial charge on any atom is 0.225 e. The Morgan fingerprint density at radius 2 is 1.90 bits per heavy atom. The number of aryl methyl sites for hydroxylation is 1. The summed E-state index contributed by atoms with van der Waals surface area (Å²) in [4.78, 5) is 9.96. The standard InChI is InChI=1S/C16H18N4S/c1-3-4-11-5-7-12(8-6-11)18-14-13-9-10-21-15(13)20-16(17-2)19-14/h5-10H,3-4H2,1-2H3,(H2,17,18,19,20). The fourth-order valence-electron chi connectivity index (χ4n) is 2.24. The van der Waals surface area contributed by atoms with Gasteiger partial charge in [-0.1, -0.05) is 25.5 Å².